The Balaban J connectivity index is 1.33. The van der Waals surface area contributed by atoms with Gasteiger partial charge in [0, 0.05) is 37.3 Å². The number of piperazine rings is 1. The normalized spacial score (nSPS) is 19.9. The van der Waals surface area contributed by atoms with Crippen LogP contribution in [0.2, 0.25) is 0 Å². The zero-order chi connectivity index (χ0) is 19.5. The van der Waals surface area contributed by atoms with Crippen LogP contribution in [0.4, 0.5) is 0 Å². The van der Waals surface area contributed by atoms with Crippen molar-refractivity contribution in [3.8, 4) is 5.75 Å². The van der Waals surface area contributed by atoms with Crippen LogP contribution in [0, 0.1) is 0 Å². The van der Waals surface area contributed by atoms with Gasteiger partial charge in [-0.15, -0.1) is 0 Å². The van der Waals surface area contributed by atoms with E-state index < -0.39 is 0 Å². The highest BCUT2D eigenvalue weighted by Crippen LogP contribution is 2.22. The van der Waals surface area contributed by atoms with Gasteiger partial charge < -0.3 is 14.2 Å². The number of benzene rings is 1. The molecule has 0 N–H and O–H groups in total. The minimum atomic E-state index is -0.0777. The molecule has 1 amide bonds. The molecule has 1 aromatic carbocycles. The van der Waals surface area contributed by atoms with Gasteiger partial charge in [-0.25, -0.2) is 0 Å². The second-order valence-corrected chi connectivity index (χ2v) is 7.48. The zero-order valence-corrected chi connectivity index (χ0v) is 16.1. The molecule has 0 saturated carbocycles. The number of nitrogens with zero attached hydrogens (tertiary/aromatic N) is 3. The Labute approximate surface area is 164 Å². The molecule has 3 heterocycles. The Hall–Kier alpha value is -2.67. The summed E-state index contributed by atoms with van der Waals surface area (Å²) in [5.41, 5.74) is 0.966. The second-order valence-electron chi connectivity index (χ2n) is 7.48. The van der Waals surface area contributed by atoms with Gasteiger partial charge in [-0.3, -0.25) is 14.5 Å². The summed E-state index contributed by atoms with van der Waals surface area (Å²) in [7, 11) is 0. The van der Waals surface area contributed by atoms with E-state index >= 15 is 0 Å². The number of piperidine rings is 1. The van der Waals surface area contributed by atoms with Crippen LogP contribution >= 0.6 is 0 Å². The molecule has 1 atom stereocenters. The highest BCUT2D eigenvalue weighted by molar-refractivity contribution is 5.94. The van der Waals surface area contributed by atoms with Gasteiger partial charge in [-0.1, -0.05) is 11.6 Å². The van der Waals surface area contributed by atoms with Crippen molar-refractivity contribution in [3.63, 3.8) is 0 Å². The third kappa shape index (κ3) is 4.09. The molecule has 0 spiro atoms. The highest BCUT2D eigenvalue weighted by Gasteiger charge is 2.32. The van der Waals surface area contributed by atoms with Gasteiger partial charge in [0.1, 0.15) is 12.4 Å². The number of ether oxygens (including phenoxy) is 1. The van der Waals surface area contributed by atoms with Gasteiger partial charge in [0.05, 0.1) is 0 Å². The third-order valence-electron chi connectivity index (χ3n) is 5.54. The Morgan fingerprint density at radius 2 is 2.00 bits per heavy atom. The molecule has 2 fully saturated rings. The Bertz CT molecular complexity index is 846. The van der Waals surface area contributed by atoms with E-state index in [0.29, 0.717) is 28.8 Å². The van der Waals surface area contributed by atoms with E-state index in [9.17, 15) is 9.59 Å². The molecular weight excluding hydrogens is 358 g/mol. The van der Waals surface area contributed by atoms with Gasteiger partial charge in [0.2, 0.25) is 0 Å². The first-order chi connectivity index (χ1) is 13.6. The molecule has 0 aliphatic carbocycles. The predicted molar refractivity (Wildman–Crippen MR) is 102 cm³/mol. The zero-order valence-electron chi connectivity index (χ0n) is 16.1. The largest absolute Gasteiger partial charge is 0.486 e. The third-order valence-corrected chi connectivity index (χ3v) is 5.54. The van der Waals surface area contributed by atoms with Crippen molar-refractivity contribution in [1.82, 2.24) is 15.0 Å². The van der Waals surface area contributed by atoms with E-state index in [4.69, 9.17) is 9.26 Å². The average molecular weight is 383 g/mol. The van der Waals surface area contributed by atoms with E-state index in [1.807, 2.05) is 4.90 Å². The van der Waals surface area contributed by atoms with Crippen LogP contribution in [-0.2, 0) is 6.61 Å². The van der Waals surface area contributed by atoms with Crippen molar-refractivity contribution < 1.29 is 18.8 Å². The quantitative estimate of drug-likeness (QED) is 0.739. The summed E-state index contributed by atoms with van der Waals surface area (Å²) < 4.78 is 10.9. The topological polar surface area (TPSA) is 75.9 Å². The molecule has 0 radical (unpaired) electrons. The summed E-state index contributed by atoms with van der Waals surface area (Å²) in [5, 5.41) is 3.94. The van der Waals surface area contributed by atoms with Crippen molar-refractivity contribution in [2.45, 2.75) is 38.8 Å². The molecule has 148 valence electrons. The van der Waals surface area contributed by atoms with Crippen molar-refractivity contribution in [1.29, 1.82) is 0 Å². The number of Topliss-reactive ketones (excluding diaryl/α,β-unsaturated/α-hetero) is 1. The molecule has 7 nitrogen and oxygen atoms in total. The van der Waals surface area contributed by atoms with Crippen LogP contribution < -0.4 is 4.74 Å². The summed E-state index contributed by atoms with van der Waals surface area (Å²) >= 11 is 0. The number of aromatic nitrogens is 1. The standard InChI is InChI=1S/C21H25N3O4/c1-15(25)16-5-7-18(8-6-16)27-14-19-12-20(22-28-19)21(26)24-11-10-23-9-3-2-4-17(23)13-24/h5-8,12,17H,2-4,9-11,13-14H2,1H3. The van der Waals surface area contributed by atoms with E-state index in [0.717, 1.165) is 32.6 Å². The maximum Gasteiger partial charge on any atom is 0.276 e. The lowest BCUT2D eigenvalue weighted by atomic mass is 9.99. The molecule has 1 unspecified atom stereocenters. The first-order valence-corrected chi connectivity index (χ1v) is 9.83. The maximum absolute atomic E-state index is 12.8. The van der Waals surface area contributed by atoms with Crippen LogP contribution in [0.5, 0.6) is 5.75 Å². The predicted octanol–water partition coefficient (Wildman–Crippen LogP) is 2.77. The molecule has 4 rings (SSSR count). The smallest absolute Gasteiger partial charge is 0.276 e. The number of carbonyl (C=O) groups excluding carboxylic acids is 2. The number of rotatable bonds is 5. The fraction of sp³-hybridized carbons (Fsp3) is 0.476. The first kappa shape index (κ1) is 18.7. The maximum atomic E-state index is 12.8. The van der Waals surface area contributed by atoms with E-state index in [-0.39, 0.29) is 18.3 Å². The van der Waals surface area contributed by atoms with E-state index in [2.05, 4.69) is 10.1 Å². The van der Waals surface area contributed by atoms with Crippen molar-refractivity contribution in [3.05, 3.63) is 47.3 Å². The molecule has 2 aromatic rings. The van der Waals surface area contributed by atoms with Crippen LogP contribution in [0.3, 0.4) is 0 Å². The molecule has 0 bridgehead atoms. The van der Waals surface area contributed by atoms with Crippen molar-refractivity contribution in [2.75, 3.05) is 26.2 Å². The number of fused-ring (bicyclic) bond motifs is 1. The molecule has 7 heteroatoms. The molecule has 2 aliphatic heterocycles. The fourth-order valence-corrected chi connectivity index (χ4v) is 3.92. The minimum absolute atomic E-state index is 0.0130. The minimum Gasteiger partial charge on any atom is -0.486 e. The number of hydrogen-bond acceptors (Lipinski definition) is 6. The van der Waals surface area contributed by atoms with E-state index in [1.165, 1.54) is 19.8 Å². The molecule has 2 aliphatic rings. The molecule has 1 aromatic heterocycles. The SMILES string of the molecule is CC(=O)c1ccc(OCc2cc(C(=O)N3CCN4CCCCC4C3)no2)cc1. The van der Waals surface area contributed by atoms with Gasteiger partial charge in [-0.05, 0) is 50.6 Å². The fourth-order valence-electron chi connectivity index (χ4n) is 3.92. The van der Waals surface area contributed by atoms with E-state index in [1.54, 1.807) is 30.3 Å². The highest BCUT2D eigenvalue weighted by atomic mass is 16.5. The van der Waals surface area contributed by atoms with Crippen LogP contribution in [0.1, 0.15) is 52.8 Å². The monoisotopic (exact) mass is 383 g/mol. The molecule has 28 heavy (non-hydrogen) atoms. The Kier molecular flexibility index (Phi) is 5.43. The van der Waals surface area contributed by atoms with Crippen LogP contribution in [0.25, 0.3) is 0 Å². The van der Waals surface area contributed by atoms with Crippen molar-refractivity contribution in [2.24, 2.45) is 0 Å². The first-order valence-electron chi connectivity index (χ1n) is 9.83. The van der Waals surface area contributed by atoms with Crippen molar-refractivity contribution >= 4 is 11.7 Å². The summed E-state index contributed by atoms with van der Waals surface area (Å²) in [5.74, 6) is 1.06. The lowest BCUT2D eigenvalue weighted by Gasteiger charge is -2.43. The summed E-state index contributed by atoms with van der Waals surface area (Å²) in [6.45, 7) is 5.27. The summed E-state index contributed by atoms with van der Waals surface area (Å²) in [4.78, 5) is 28.5. The number of amides is 1. The molecular formula is C21H25N3O4. The Morgan fingerprint density at radius 1 is 1.18 bits per heavy atom. The number of hydrogen-bond donors (Lipinski definition) is 0. The van der Waals surface area contributed by atoms with Crippen LogP contribution in [0.15, 0.2) is 34.9 Å². The summed E-state index contributed by atoms with van der Waals surface area (Å²) in [6, 6.07) is 9.04. The van der Waals surface area contributed by atoms with Gasteiger partial charge >= 0.3 is 0 Å². The van der Waals surface area contributed by atoms with Crippen LogP contribution in [-0.4, -0.2) is 58.9 Å². The molecule has 2 saturated heterocycles. The average Bonchev–Trinajstić information content (AvgIpc) is 3.20. The lowest BCUT2D eigenvalue weighted by Crippen LogP contribution is -2.56. The summed E-state index contributed by atoms with van der Waals surface area (Å²) in [6.07, 6.45) is 3.65. The number of carbonyl (C=O) groups is 2. The Morgan fingerprint density at radius 3 is 2.79 bits per heavy atom. The van der Waals surface area contributed by atoms with Gasteiger partial charge in [0.25, 0.3) is 5.91 Å². The van der Waals surface area contributed by atoms with Gasteiger partial charge in [-0.2, -0.15) is 0 Å². The second kappa shape index (κ2) is 8.14. The lowest BCUT2D eigenvalue weighted by molar-refractivity contribution is 0.0365. The van der Waals surface area contributed by atoms with Gasteiger partial charge in [0.15, 0.2) is 17.2 Å². The number of ketones is 1.